The summed E-state index contributed by atoms with van der Waals surface area (Å²) in [6.45, 7) is 7.44. The quantitative estimate of drug-likeness (QED) is 0.889. The van der Waals surface area contributed by atoms with Crippen molar-refractivity contribution in [1.82, 2.24) is 5.32 Å². The van der Waals surface area contributed by atoms with Gasteiger partial charge in [0.15, 0.2) is 6.10 Å². The number of nitrogens with zero attached hydrogens (tertiary/aromatic N) is 1. The molecule has 0 aliphatic rings. The van der Waals surface area contributed by atoms with Crippen LogP contribution in [0.1, 0.15) is 33.3 Å². The molecule has 4 heteroatoms. The van der Waals surface area contributed by atoms with Crippen LogP contribution in [0.15, 0.2) is 24.3 Å². The first-order chi connectivity index (χ1) is 8.31. The van der Waals surface area contributed by atoms with E-state index in [0.717, 1.165) is 0 Å². The lowest BCUT2D eigenvalue weighted by molar-refractivity contribution is -0.128. The normalized spacial score (nSPS) is 12.4. The average molecular weight is 246 g/mol. The summed E-state index contributed by atoms with van der Waals surface area (Å²) in [6, 6.07) is 8.70. The van der Waals surface area contributed by atoms with Crippen LogP contribution in [0.25, 0.3) is 0 Å². The molecule has 4 nitrogen and oxygen atoms in total. The highest BCUT2D eigenvalue weighted by Crippen LogP contribution is 2.13. The van der Waals surface area contributed by atoms with E-state index in [1.54, 1.807) is 31.2 Å². The Bertz CT molecular complexity index is 452. The summed E-state index contributed by atoms with van der Waals surface area (Å²) < 4.78 is 5.50. The van der Waals surface area contributed by atoms with Gasteiger partial charge in [-0.3, -0.25) is 4.79 Å². The summed E-state index contributed by atoms with van der Waals surface area (Å²) in [5.41, 5.74) is 0.286. The predicted molar refractivity (Wildman–Crippen MR) is 69.1 cm³/mol. The highest BCUT2D eigenvalue weighted by Gasteiger charge is 2.20. The Morgan fingerprint density at radius 2 is 1.89 bits per heavy atom. The van der Waals surface area contributed by atoms with Crippen molar-refractivity contribution >= 4 is 5.91 Å². The second-order valence-corrected chi connectivity index (χ2v) is 5.14. The molecular weight excluding hydrogens is 228 g/mol. The van der Waals surface area contributed by atoms with Crippen LogP contribution in [-0.4, -0.2) is 17.6 Å². The van der Waals surface area contributed by atoms with E-state index < -0.39 is 6.10 Å². The summed E-state index contributed by atoms with van der Waals surface area (Å²) in [5.74, 6) is 0.414. The van der Waals surface area contributed by atoms with Crippen molar-refractivity contribution in [3.63, 3.8) is 0 Å². The Hall–Kier alpha value is -2.02. The molecule has 0 fully saturated rings. The molecule has 0 aromatic heterocycles. The molecule has 0 radical (unpaired) electrons. The molecule has 0 aliphatic heterocycles. The number of ether oxygens (including phenoxy) is 1. The average Bonchev–Trinajstić information content (AvgIpc) is 2.27. The summed E-state index contributed by atoms with van der Waals surface area (Å²) in [6.07, 6.45) is -0.572. The van der Waals surface area contributed by atoms with E-state index in [2.05, 4.69) is 5.32 Å². The molecule has 0 heterocycles. The monoisotopic (exact) mass is 246 g/mol. The standard InChI is InChI=1S/C14H18N2O2/c1-10(13(17)16-14(2,3)4)18-12-7-5-11(9-15)6-8-12/h5-8,10H,1-4H3,(H,16,17). The molecule has 1 aromatic carbocycles. The van der Waals surface area contributed by atoms with Crippen molar-refractivity contribution in [1.29, 1.82) is 5.26 Å². The lowest BCUT2D eigenvalue weighted by Crippen LogP contribution is -2.46. The largest absolute Gasteiger partial charge is 0.481 e. The second-order valence-electron chi connectivity index (χ2n) is 5.14. The summed E-state index contributed by atoms with van der Waals surface area (Å²) >= 11 is 0. The fourth-order valence-corrected chi connectivity index (χ4v) is 1.34. The molecular formula is C14H18N2O2. The third-order valence-corrected chi connectivity index (χ3v) is 2.16. The first-order valence-electron chi connectivity index (χ1n) is 5.80. The van der Waals surface area contributed by atoms with Gasteiger partial charge in [0.2, 0.25) is 0 Å². The van der Waals surface area contributed by atoms with Gasteiger partial charge in [-0.25, -0.2) is 0 Å². The number of rotatable bonds is 3. The molecule has 0 bridgehead atoms. The number of hydrogen-bond donors (Lipinski definition) is 1. The Kier molecular flexibility index (Phi) is 4.33. The zero-order valence-electron chi connectivity index (χ0n) is 11.2. The van der Waals surface area contributed by atoms with E-state index in [9.17, 15) is 4.79 Å². The number of nitriles is 1. The third kappa shape index (κ3) is 4.46. The van der Waals surface area contributed by atoms with Crippen LogP contribution in [0.5, 0.6) is 5.75 Å². The van der Waals surface area contributed by atoms with Crippen LogP contribution >= 0.6 is 0 Å². The Balaban J connectivity index is 2.61. The van der Waals surface area contributed by atoms with Gasteiger partial charge in [0.05, 0.1) is 11.6 Å². The maximum Gasteiger partial charge on any atom is 0.261 e. The Morgan fingerprint density at radius 1 is 1.33 bits per heavy atom. The molecule has 1 amide bonds. The van der Waals surface area contributed by atoms with Crippen molar-refractivity contribution in [2.45, 2.75) is 39.3 Å². The first kappa shape index (κ1) is 14.0. The van der Waals surface area contributed by atoms with E-state index in [-0.39, 0.29) is 11.4 Å². The number of amides is 1. The van der Waals surface area contributed by atoms with Gasteiger partial charge in [-0.15, -0.1) is 0 Å². The second kappa shape index (κ2) is 5.54. The summed E-state index contributed by atoms with van der Waals surface area (Å²) in [5, 5.41) is 11.5. The van der Waals surface area contributed by atoms with Crippen LogP contribution in [0.4, 0.5) is 0 Å². The highest BCUT2D eigenvalue weighted by molar-refractivity contribution is 5.81. The number of carbonyl (C=O) groups is 1. The van der Waals surface area contributed by atoms with Crippen molar-refractivity contribution < 1.29 is 9.53 Å². The molecule has 1 rings (SSSR count). The van der Waals surface area contributed by atoms with Crippen LogP contribution in [0.2, 0.25) is 0 Å². The Morgan fingerprint density at radius 3 is 2.33 bits per heavy atom. The van der Waals surface area contributed by atoms with E-state index in [4.69, 9.17) is 10.00 Å². The lowest BCUT2D eigenvalue weighted by Gasteiger charge is -2.23. The smallest absolute Gasteiger partial charge is 0.261 e. The minimum atomic E-state index is -0.572. The Labute approximate surface area is 108 Å². The molecule has 96 valence electrons. The van der Waals surface area contributed by atoms with Crippen molar-refractivity contribution in [2.24, 2.45) is 0 Å². The molecule has 0 saturated carbocycles. The number of carbonyl (C=O) groups excluding carboxylic acids is 1. The lowest BCUT2D eigenvalue weighted by atomic mass is 10.1. The topological polar surface area (TPSA) is 62.1 Å². The van der Waals surface area contributed by atoms with E-state index in [0.29, 0.717) is 11.3 Å². The summed E-state index contributed by atoms with van der Waals surface area (Å²) in [4.78, 5) is 11.8. The molecule has 18 heavy (non-hydrogen) atoms. The van der Waals surface area contributed by atoms with Gasteiger partial charge in [-0.2, -0.15) is 5.26 Å². The van der Waals surface area contributed by atoms with Crippen molar-refractivity contribution in [2.75, 3.05) is 0 Å². The molecule has 1 N–H and O–H groups in total. The van der Waals surface area contributed by atoms with Gasteiger partial charge < -0.3 is 10.1 Å². The minimum Gasteiger partial charge on any atom is -0.481 e. The zero-order valence-corrected chi connectivity index (χ0v) is 11.2. The van der Waals surface area contributed by atoms with Gasteiger partial charge in [0.25, 0.3) is 5.91 Å². The predicted octanol–water partition coefficient (Wildman–Crippen LogP) is 2.24. The molecule has 1 unspecified atom stereocenters. The fourth-order valence-electron chi connectivity index (χ4n) is 1.34. The van der Waals surface area contributed by atoms with Crippen LogP contribution in [0.3, 0.4) is 0 Å². The molecule has 0 aliphatic carbocycles. The highest BCUT2D eigenvalue weighted by atomic mass is 16.5. The molecule has 1 atom stereocenters. The van der Waals surface area contributed by atoms with Gasteiger partial charge >= 0.3 is 0 Å². The number of benzene rings is 1. The minimum absolute atomic E-state index is 0.160. The van der Waals surface area contributed by atoms with Crippen LogP contribution in [-0.2, 0) is 4.79 Å². The van der Waals surface area contributed by atoms with Crippen LogP contribution < -0.4 is 10.1 Å². The summed E-state index contributed by atoms with van der Waals surface area (Å²) in [7, 11) is 0. The number of hydrogen-bond acceptors (Lipinski definition) is 3. The van der Waals surface area contributed by atoms with Gasteiger partial charge in [-0.1, -0.05) is 0 Å². The van der Waals surface area contributed by atoms with Gasteiger partial charge in [0, 0.05) is 5.54 Å². The van der Waals surface area contributed by atoms with Crippen molar-refractivity contribution in [3.05, 3.63) is 29.8 Å². The molecule has 1 aromatic rings. The van der Waals surface area contributed by atoms with E-state index in [1.807, 2.05) is 26.8 Å². The number of nitrogens with one attached hydrogen (secondary N) is 1. The van der Waals surface area contributed by atoms with Gasteiger partial charge in [0.1, 0.15) is 5.75 Å². The maximum absolute atomic E-state index is 11.8. The SMILES string of the molecule is CC(Oc1ccc(C#N)cc1)C(=O)NC(C)(C)C. The first-order valence-corrected chi connectivity index (χ1v) is 5.80. The van der Waals surface area contributed by atoms with Gasteiger partial charge in [-0.05, 0) is 52.0 Å². The van der Waals surface area contributed by atoms with E-state index in [1.165, 1.54) is 0 Å². The third-order valence-electron chi connectivity index (χ3n) is 2.16. The maximum atomic E-state index is 11.8. The molecule has 0 saturated heterocycles. The fraction of sp³-hybridized carbons (Fsp3) is 0.429. The van der Waals surface area contributed by atoms with Crippen molar-refractivity contribution in [3.8, 4) is 11.8 Å². The molecule has 0 spiro atoms. The van der Waals surface area contributed by atoms with E-state index >= 15 is 0 Å². The van der Waals surface area contributed by atoms with Crippen LogP contribution in [0, 0.1) is 11.3 Å². The zero-order chi connectivity index (χ0) is 13.8.